The smallest absolute Gasteiger partial charge is 0.339 e. The number of alkyl halides is 3. The second kappa shape index (κ2) is 11.4. The van der Waals surface area contributed by atoms with E-state index in [1.807, 2.05) is 48.7 Å². The lowest BCUT2D eigenvalue weighted by molar-refractivity contribution is -0.137. The van der Waals surface area contributed by atoms with Crippen LogP contribution in [0.4, 0.5) is 13.2 Å². The van der Waals surface area contributed by atoms with E-state index in [0.717, 1.165) is 28.8 Å². The summed E-state index contributed by atoms with van der Waals surface area (Å²) >= 11 is 1.55. The van der Waals surface area contributed by atoms with Crippen molar-refractivity contribution in [2.75, 3.05) is 25.4 Å². The van der Waals surface area contributed by atoms with E-state index in [4.69, 9.17) is 0 Å². The first-order chi connectivity index (χ1) is 17.6. The van der Waals surface area contributed by atoms with Crippen LogP contribution in [-0.2, 0) is 11.0 Å². The summed E-state index contributed by atoms with van der Waals surface area (Å²) in [6, 6.07) is 13.8. The van der Waals surface area contributed by atoms with Crippen molar-refractivity contribution in [3.05, 3.63) is 71.5 Å². The third kappa shape index (κ3) is 6.33. The predicted molar refractivity (Wildman–Crippen MR) is 135 cm³/mol. The van der Waals surface area contributed by atoms with Crippen LogP contribution in [0.3, 0.4) is 0 Å². The lowest BCUT2D eigenvalue weighted by Crippen LogP contribution is -2.55. The highest BCUT2D eigenvalue weighted by Gasteiger charge is 2.32. The molecule has 1 saturated heterocycles. The SMILES string of the molecule is Cc1nnc(SCCCC(=O)N2CCN(C(=O)c3ccc(C(F)(F)F)cc3)C(C)C2)n1-c1ccccc1. The number of carbonyl (C=O) groups excluding carboxylic acids is 2. The molecule has 1 aromatic heterocycles. The van der Waals surface area contributed by atoms with Crippen LogP contribution in [0.2, 0.25) is 0 Å². The first-order valence-corrected chi connectivity index (χ1v) is 13.0. The number of para-hydroxylation sites is 1. The summed E-state index contributed by atoms with van der Waals surface area (Å²) in [6.45, 7) is 4.86. The number of halogens is 3. The van der Waals surface area contributed by atoms with Gasteiger partial charge in [-0.2, -0.15) is 13.2 Å². The third-order valence-electron chi connectivity index (χ3n) is 6.28. The van der Waals surface area contributed by atoms with Crippen molar-refractivity contribution in [3.8, 4) is 5.69 Å². The fourth-order valence-corrected chi connectivity index (χ4v) is 5.25. The molecule has 2 aromatic carbocycles. The van der Waals surface area contributed by atoms with Gasteiger partial charge in [-0.25, -0.2) is 0 Å². The third-order valence-corrected chi connectivity index (χ3v) is 7.29. The second-order valence-electron chi connectivity index (χ2n) is 8.92. The lowest BCUT2D eigenvalue weighted by atomic mass is 10.1. The molecule has 1 aliphatic heterocycles. The van der Waals surface area contributed by atoms with Crippen molar-refractivity contribution in [1.29, 1.82) is 0 Å². The summed E-state index contributed by atoms with van der Waals surface area (Å²) in [4.78, 5) is 29.0. The molecule has 4 rings (SSSR count). The molecule has 11 heteroatoms. The number of aromatic nitrogens is 3. The second-order valence-corrected chi connectivity index (χ2v) is 9.98. The van der Waals surface area contributed by atoms with Crippen LogP contribution < -0.4 is 0 Å². The number of aryl methyl sites for hydroxylation is 1. The van der Waals surface area contributed by atoms with Gasteiger partial charge in [0.05, 0.1) is 5.56 Å². The Bertz CT molecular complexity index is 1230. The first kappa shape index (κ1) is 26.7. The van der Waals surface area contributed by atoms with E-state index in [9.17, 15) is 22.8 Å². The maximum absolute atomic E-state index is 12.9. The molecule has 196 valence electrons. The molecule has 1 aliphatic rings. The number of amides is 2. The number of thioether (sulfide) groups is 1. The van der Waals surface area contributed by atoms with E-state index >= 15 is 0 Å². The zero-order valence-corrected chi connectivity index (χ0v) is 21.4. The zero-order valence-electron chi connectivity index (χ0n) is 20.6. The van der Waals surface area contributed by atoms with Gasteiger partial charge in [-0.3, -0.25) is 14.2 Å². The van der Waals surface area contributed by atoms with Crippen LogP contribution in [0, 0.1) is 6.92 Å². The molecule has 2 amide bonds. The number of piperazine rings is 1. The fraction of sp³-hybridized carbons (Fsp3) is 0.385. The zero-order chi connectivity index (χ0) is 26.6. The Labute approximate surface area is 217 Å². The van der Waals surface area contributed by atoms with E-state index < -0.39 is 11.7 Å². The van der Waals surface area contributed by atoms with Gasteiger partial charge in [0, 0.05) is 49.1 Å². The topological polar surface area (TPSA) is 71.3 Å². The maximum Gasteiger partial charge on any atom is 0.416 e. The molecule has 3 aromatic rings. The van der Waals surface area contributed by atoms with Gasteiger partial charge in [0.25, 0.3) is 5.91 Å². The Morgan fingerprint density at radius 1 is 1.03 bits per heavy atom. The molecule has 7 nitrogen and oxygen atoms in total. The van der Waals surface area contributed by atoms with E-state index in [1.54, 1.807) is 21.6 Å². The molecule has 2 heterocycles. The van der Waals surface area contributed by atoms with Gasteiger partial charge >= 0.3 is 6.18 Å². The first-order valence-electron chi connectivity index (χ1n) is 12.0. The van der Waals surface area contributed by atoms with E-state index in [-0.39, 0.29) is 23.4 Å². The fourth-order valence-electron chi connectivity index (χ4n) is 4.31. The van der Waals surface area contributed by atoms with Crippen LogP contribution in [0.25, 0.3) is 5.69 Å². The highest BCUT2D eigenvalue weighted by Crippen LogP contribution is 2.29. The number of rotatable bonds is 7. The van der Waals surface area contributed by atoms with Crippen LogP contribution in [0.15, 0.2) is 59.8 Å². The molecule has 0 aliphatic carbocycles. The molecule has 37 heavy (non-hydrogen) atoms. The summed E-state index contributed by atoms with van der Waals surface area (Å²) in [5, 5.41) is 9.22. The molecule has 0 N–H and O–H groups in total. The predicted octanol–water partition coefficient (Wildman–Crippen LogP) is 4.84. The average Bonchev–Trinajstić information content (AvgIpc) is 3.26. The van der Waals surface area contributed by atoms with Crippen molar-refractivity contribution in [3.63, 3.8) is 0 Å². The highest BCUT2D eigenvalue weighted by atomic mass is 32.2. The van der Waals surface area contributed by atoms with Gasteiger partial charge in [-0.1, -0.05) is 30.0 Å². The van der Waals surface area contributed by atoms with Crippen LogP contribution in [0.1, 0.15) is 41.5 Å². The Morgan fingerprint density at radius 2 is 1.73 bits per heavy atom. The van der Waals surface area contributed by atoms with Crippen LogP contribution in [0.5, 0.6) is 0 Å². The molecule has 0 bridgehead atoms. The van der Waals surface area contributed by atoms with Gasteiger partial charge in [0.15, 0.2) is 5.16 Å². The number of carbonyl (C=O) groups is 2. The molecule has 0 radical (unpaired) electrons. The van der Waals surface area contributed by atoms with Crippen molar-refractivity contribution in [2.24, 2.45) is 0 Å². The maximum atomic E-state index is 12.9. The van der Waals surface area contributed by atoms with Crippen LogP contribution in [-0.4, -0.2) is 67.8 Å². The monoisotopic (exact) mass is 531 g/mol. The molecule has 0 saturated carbocycles. The standard InChI is InChI=1S/C26H28F3N5O2S/c1-18-17-32(14-15-33(18)24(36)20-10-12-21(13-11-20)26(27,28)29)23(35)9-6-16-37-25-31-30-19(2)34(25)22-7-4-3-5-8-22/h3-5,7-8,10-13,18H,6,9,14-17H2,1-2H3. The van der Waals surface area contributed by atoms with Crippen LogP contribution >= 0.6 is 11.8 Å². The number of hydrogen-bond acceptors (Lipinski definition) is 5. The quantitative estimate of drug-likeness (QED) is 0.322. The number of hydrogen-bond donors (Lipinski definition) is 0. The van der Waals surface area contributed by atoms with Crippen molar-refractivity contribution < 1.29 is 22.8 Å². The summed E-state index contributed by atoms with van der Waals surface area (Å²) in [5.41, 5.74) is 0.401. The summed E-state index contributed by atoms with van der Waals surface area (Å²) in [5.74, 6) is 1.19. The Balaban J connectivity index is 1.25. The minimum absolute atomic E-state index is 0.0229. The molecule has 1 unspecified atom stereocenters. The molecular formula is C26H28F3N5O2S. The molecule has 0 spiro atoms. The van der Waals surface area contributed by atoms with Crippen molar-refractivity contribution in [1.82, 2.24) is 24.6 Å². The van der Waals surface area contributed by atoms with Gasteiger partial charge in [0.2, 0.25) is 5.91 Å². The van der Waals surface area contributed by atoms with Gasteiger partial charge in [-0.15, -0.1) is 10.2 Å². The molecule has 1 atom stereocenters. The normalized spacial score (nSPS) is 16.2. The minimum Gasteiger partial charge on any atom is -0.339 e. The van der Waals surface area contributed by atoms with Gasteiger partial charge in [0.1, 0.15) is 5.82 Å². The van der Waals surface area contributed by atoms with E-state index in [0.29, 0.717) is 38.2 Å². The molecular weight excluding hydrogens is 503 g/mol. The summed E-state index contributed by atoms with van der Waals surface area (Å²) in [7, 11) is 0. The summed E-state index contributed by atoms with van der Waals surface area (Å²) in [6.07, 6.45) is -3.40. The number of nitrogens with zero attached hydrogens (tertiary/aromatic N) is 5. The van der Waals surface area contributed by atoms with E-state index in [2.05, 4.69) is 10.2 Å². The Hall–Kier alpha value is -3.34. The lowest BCUT2D eigenvalue weighted by Gasteiger charge is -2.40. The van der Waals surface area contributed by atoms with Gasteiger partial charge < -0.3 is 9.80 Å². The molecule has 1 fully saturated rings. The highest BCUT2D eigenvalue weighted by molar-refractivity contribution is 7.99. The minimum atomic E-state index is -4.45. The van der Waals surface area contributed by atoms with Crippen molar-refractivity contribution >= 4 is 23.6 Å². The number of benzene rings is 2. The van der Waals surface area contributed by atoms with Crippen molar-refractivity contribution in [2.45, 2.75) is 44.1 Å². The summed E-state index contributed by atoms with van der Waals surface area (Å²) < 4.78 is 40.4. The van der Waals surface area contributed by atoms with Gasteiger partial charge in [-0.05, 0) is 56.7 Å². The largest absolute Gasteiger partial charge is 0.416 e. The Kier molecular flexibility index (Phi) is 8.21. The van der Waals surface area contributed by atoms with E-state index in [1.165, 1.54) is 12.1 Å². The Morgan fingerprint density at radius 3 is 2.38 bits per heavy atom. The average molecular weight is 532 g/mol.